The first-order valence-electron chi connectivity index (χ1n) is 7.41. The van der Waals surface area contributed by atoms with E-state index in [1.165, 1.54) is 57.1 Å². The highest BCUT2D eigenvalue weighted by Crippen LogP contribution is 2.41. The lowest BCUT2D eigenvalue weighted by atomic mass is 9.71. The summed E-state index contributed by atoms with van der Waals surface area (Å²) in [4.78, 5) is 0. The summed E-state index contributed by atoms with van der Waals surface area (Å²) in [5.41, 5.74) is 0. The van der Waals surface area contributed by atoms with E-state index in [1.54, 1.807) is 0 Å². The summed E-state index contributed by atoms with van der Waals surface area (Å²) in [7, 11) is 0. The van der Waals surface area contributed by atoms with Crippen LogP contribution in [0, 0.1) is 17.8 Å². The highest BCUT2D eigenvalue weighted by Gasteiger charge is 2.29. The summed E-state index contributed by atoms with van der Waals surface area (Å²) < 4.78 is 0. The highest BCUT2D eigenvalue weighted by atomic mass is 32.2. The van der Waals surface area contributed by atoms with E-state index in [1.807, 2.05) is 0 Å². The van der Waals surface area contributed by atoms with Gasteiger partial charge in [-0.15, -0.1) is 0 Å². The first kappa shape index (κ1) is 12.8. The Morgan fingerprint density at radius 2 is 1.31 bits per heavy atom. The second kappa shape index (κ2) is 6.33. The zero-order valence-corrected chi connectivity index (χ0v) is 11.9. The van der Waals surface area contributed by atoms with E-state index >= 15 is 0 Å². The Morgan fingerprint density at radius 3 is 1.81 bits per heavy atom. The molecular formula is C15H28S. The van der Waals surface area contributed by atoms with Gasteiger partial charge in [-0.2, -0.15) is 11.8 Å². The van der Waals surface area contributed by atoms with Gasteiger partial charge in [0.25, 0.3) is 0 Å². The third-order valence-electron chi connectivity index (χ3n) is 4.85. The van der Waals surface area contributed by atoms with Crippen LogP contribution in [0.5, 0.6) is 0 Å². The molecule has 0 nitrogen and oxygen atoms in total. The van der Waals surface area contributed by atoms with Crippen molar-refractivity contribution in [2.75, 3.05) is 5.75 Å². The van der Waals surface area contributed by atoms with Crippen LogP contribution in [0.1, 0.15) is 65.2 Å². The third kappa shape index (κ3) is 3.42. The van der Waals surface area contributed by atoms with E-state index in [0.29, 0.717) is 0 Å². The van der Waals surface area contributed by atoms with Crippen LogP contribution in [-0.4, -0.2) is 11.0 Å². The lowest BCUT2D eigenvalue weighted by Gasteiger charge is -2.37. The molecule has 1 heteroatoms. The summed E-state index contributed by atoms with van der Waals surface area (Å²) in [6.45, 7) is 4.74. The van der Waals surface area contributed by atoms with E-state index in [4.69, 9.17) is 0 Å². The van der Waals surface area contributed by atoms with Crippen molar-refractivity contribution in [2.24, 2.45) is 17.8 Å². The minimum Gasteiger partial charge on any atom is -0.159 e. The molecule has 0 amide bonds. The van der Waals surface area contributed by atoms with Gasteiger partial charge in [-0.3, -0.25) is 0 Å². The lowest BCUT2D eigenvalue weighted by Crippen LogP contribution is -2.26. The summed E-state index contributed by atoms with van der Waals surface area (Å²) in [5, 5.41) is 1.00. The Bertz CT molecular complexity index is 186. The van der Waals surface area contributed by atoms with Crippen molar-refractivity contribution in [3.63, 3.8) is 0 Å². The molecule has 94 valence electrons. The average Bonchev–Trinajstić information content (AvgIpc) is 2.32. The molecule has 2 saturated carbocycles. The van der Waals surface area contributed by atoms with E-state index in [0.717, 1.165) is 23.0 Å². The van der Waals surface area contributed by atoms with Gasteiger partial charge in [0.05, 0.1) is 0 Å². The summed E-state index contributed by atoms with van der Waals surface area (Å²) in [6.07, 6.45) is 12.2. The first-order valence-corrected chi connectivity index (χ1v) is 8.46. The van der Waals surface area contributed by atoms with Crippen molar-refractivity contribution in [1.29, 1.82) is 0 Å². The Hall–Kier alpha value is 0.350. The van der Waals surface area contributed by atoms with Gasteiger partial charge < -0.3 is 0 Å². The third-order valence-corrected chi connectivity index (χ3v) is 6.12. The fraction of sp³-hybridized carbons (Fsp3) is 1.00. The number of thioether (sulfide) groups is 1. The molecule has 0 aromatic carbocycles. The van der Waals surface area contributed by atoms with Gasteiger partial charge in [0.2, 0.25) is 0 Å². The molecule has 2 aliphatic rings. The molecule has 0 aromatic heterocycles. The molecule has 2 aliphatic carbocycles. The maximum absolute atomic E-state index is 2.44. The smallest absolute Gasteiger partial charge is 0.00471 e. The van der Waals surface area contributed by atoms with Gasteiger partial charge in [-0.25, -0.2) is 0 Å². The van der Waals surface area contributed by atoms with Crippen molar-refractivity contribution in [2.45, 2.75) is 70.5 Å². The molecule has 0 heterocycles. The minimum atomic E-state index is 1.00. The van der Waals surface area contributed by atoms with Crippen molar-refractivity contribution >= 4 is 11.8 Å². The van der Waals surface area contributed by atoms with Crippen LogP contribution in [0.4, 0.5) is 0 Å². The van der Waals surface area contributed by atoms with Crippen LogP contribution in [0.25, 0.3) is 0 Å². The summed E-state index contributed by atoms with van der Waals surface area (Å²) >= 11 is 2.20. The fourth-order valence-corrected chi connectivity index (χ4v) is 4.80. The van der Waals surface area contributed by atoms with Gasteiger partial charge in [-0.05, 0) is 62.0 Å². The van der Waals surface area contributed by atoms with Gasteiger partial charge in [-0.1, -0.05) is 26.7 Å². The second-order valence-electron chi connectivity index (χ2n) is 6.01. The van der Waals surface area contributed by atoms with Crippen LogP contribution in [0.3, 0.4) is 0 Å². The van der Waals surface area contributed by atoms with E-state index in [-0.39, 0.29) is 0 Å². The van der Waals surface area contributed by atoms with Crippen LogP contribution in [0.15, 0.2) is 0 Å². The molecule has 0 radical (unpaired) electrons. The molecule has 0 unspecified atom stereocenters. The SMILES string of the molecule is CCSC1CCC(C2CCC(C)CC2)CC1. The van der Waals surface area contributed by atoms with Crippen molar-refractivity contribution in [3.8, 4) is 0 Å². The Labute approximate surface area is 106 Å². The molecule has 2 fully saturated rings. The minimum absolute atomic E-state index is 1.00. The molecule has 0 atom stereocenters. The Morgan fingerprint density at radius 1 is 0.812 bits per heavy atom. The van der Waals surface area contributed by atoms with Crippen molar-refractivity contribution in [3.05, 3.63) is 0 Å². The quantitative estimate of drug-likeness (QED) is 0.659. The van der Waals surface area contributed by atoms with Crippen molar-refractivity contribution in [1.82, 2.24) is 0 Å². The largest absolute Gasteiger partial charge is 0.159 e. The van der Waals surface area contributed by atoms with E-state index in [2.05, 4.69) is 25.6 Å². The van der Waals surface area contributed by atoms with Crippen LogP contribution in [-0.2, 0) is 0 Å². The fourth-order valence-electron chi connectivity index (χ4n) is 3.72. The van der Waals surface area contributed by atoms with Crippen molar-refractivity contribution < 1.29 is 0 Å². The Balaban J connectivity index is 1.72. The van der Waals surface area contributed by atoms with Crippen LogP contribution < -0.4 is 0 Å². The topological polar surface area (TPSA) is 0 Å². The predicted molar refractivity (Wildman–Crippen MR) is 75.0 cm³/mol. The lowest BCUT2D eigenvalue weighted by molar-refractivity contribution is 0.174. The summed E-state index contributed by atoms with van der Waals surface area (Å²) in [6, 6.07) is 0. The standard InChI is InChI=1S/C15H28S/c1-3-16-15-10-8-14(9-11-15)13-6-4-12(2)5-7-13/h12-15H,3-11H2,1-2H3. The molecule has 2 rings (SSSR count). The number of hydrogen-bond acceptors (Lipinski definition) is 1. The van der Waals surface area contributed by atoms with Gasteiger partial charge in [0.1, 0.15) is 0 Å². The van der Waals surface area contributed by atoms with E-state index < -0.39 is 0 Å². The Kier molecular flexibility index (Phi) is 5.06. The normalized spacial score (nSPS) is 40.9. The predicted octanol–water partition coefficient (Wildman–Crippen LogP) is 5.12. The van der Waals surface area contributed by atoms with Gasteiger partial charge in [0, 0.05) is 5.25 Å². The van der Waals surface area contributed by atoms with Crippen LogP contribution in [0.2, 0.25) is 0 Å². The second-order valence-corrected chi connectivity index (χ2v) is 7.59. The zero-order valence-electron chi connectivity index (χ0n) is 11.1. The molecule has 0 aliphatic heterocycles. The molecule has 0 aromatic rings. The van der Waals surface area contributed by atoms with E-state index in [9.17, 15) is 0 Å². The zero-order chi connectivity index (χ0) is 11.4. The maximum atomic E-state index is 2.44. The van der Waals surface area contributed by atoms with Gasteiger partial charge in [0.15, 0.2) is 0 Å². The average molecular weight is 240 g/mol. The highest BCUT2D eigenvalue weighted by molar-refractivity contribution is 7.99. The molecule has 16 heavy (non-hydrogen) atoms. The monoisotopic (exact) mass is 240 g/mol. The molecule has 0 N–H and O–H groups in total. The molecule has 0 bridgehead atoms. The first-order chi connectivity index (χ1) is 7.79. The molecule has 0 spiro atoms. The maximum Gasteiger partial charge on any atom is 0.00471 e. The van der Waals surface area contributed by atoms with Crippen LogP contribution >= 0.6 is 11.8 Å². The molecular weight excluding hydrogens is 212 g/mol. The molecule has 0 saturated heterocycles. The number of hydrogen-bond donors (Lipinski definition) is 0. The number of rotatable bonds is 3. The van der Waals surface area contributed by atoms with Gasteiger partial charge >= 0.3 is 0 Å². The summed E-state index contributed by atoms with van der Waals surface area (Å²) in [5.74, 6) is 4.53.